The van der Waals surface area contributed by atoms with Crippen LogP contribution in [0.5, 0.6) is 0 Å². The Hall–Kier alpha value is -1.78. The predicted molar refractivity (Wildman–Crippen MR) is 126 cm³/mol. The van der Waals surface area contributed by atoms with Gasteiger partial charge in [0.25, 0.3) is 0 Å². The highest BCUT2D eigenvalue weighted by Crippen LogP contribution is 2.82. The maximum atomic E-state index is 14.4. The Labute approximate surface area is 215 Å². The first-order chi connectivity index (χ1) is 17.4. The van der Waals surface area contributed by atoms with Crippen molar-refractivity contribution in [3.05, 3.63) is 24.2 Å². The van der Waals surface area contributed by atoms with Gasteiger partial charge in [0, 0.05) is 41.9 Å². The van der Waals surface area contributed by atoms with Crippen LogP contribution in [0.1, 0.15) is 64.9 Å². The van der Waals surface area contributed by atoms with E-state index in [1.54, 1.807) is 19.5 Å². The summed E-state index contributed by atoms with van der Waals surface area (Å²) in [6, 6.07) is 1.95. The number of epoxide rings is 1. The van der Waals surface area contributed by atoms with Gasteiger partial charge in [-0.25, -0.2) is 0 Å². The highest BCUT2D eigenvalue weighted by molar-refractivity contribution is 5.87. The van der Waals surface area contributed by atoms with Crippen LogP contribution >= 0.6 is 0 Å². The average molecular weight is 517 g/mol. The first-order valence-corrected chi connectivity index (χ1v) is 13.4. The molecule has 2 aliphatic heterocycles. The lowest BCUT2D eigenvalue weighted by atomic mass is 9.33. The Bertz CT molecular complexity index is 1170. The van der Waals surface area contributed by atoms with Gasteiger partial charge in [-0.2, -0.15) is 0 Å². The number of aliphatic hydroxyl groups is 3. The standard InChI is InChI=1S/C28H36O9/c1-13(29)36-20-9-19(32)27-12-35-23(33)25(20,3)17(27)8-18(31)26(4)22(27)16(30)10-24(2)15(14-5-6-34-11-14)7-21-28(24,26)37-21/h5-6,11,15,17-23,31-33H,7-10,12H2,1-4H3/t15-,17-,18+,19-,20+,21+,22?,23+,24-,25+,26+,27+,28+/m0/s1. The van der Waals surface area contributed by atoms with E-state index >= 15 is 0 Å². The molecular weight excluding hydrogens is 480 g/mol. The van der Waals surface area contributed by atoms with E-state index in [9.17, 15) is 24.9 Å². The van der Waals surface area contributed by atoms with Crippen LogP contribution < -0.4 is 0 Å². The molecule has 13 atom stereocenters. The Morgan fingerprint density at radius 2 is 1.86 bits per heavy atom. The van der Waals surface area contributed by atoms with Gasteiger partial charge in [-0.3, -0.25) is 9.59 Å². The van der Waals surface area contributed by atoms with E-state index in [1.807, 2.05) is 13.0 Å². The SMILES string of the molecule is CC(=O)O[C@@H]1C[C@H](O)[C@@]23CO[C@@H](O)[C@]1(C)[C@@H]2C[C@@H](O)[C@]1(C)C3C(=O)C[C@@]2(C)[C@H](c3ccoc3)C[C@H]3O[C@]321. The molecule has 0 radical (unpaired) electrons. The summed E-state index contributed by atoms with van der Waals surface area (Å²) in [6.45, 7) is 7.15. The second kappa shape index (κ2) is 7.04. The predicted octanol–water partition coefficient (Wildman–Crippen LogP) is 1.92. The van der Waals surface area contributed by atoms with Gasteiger partial charge in [-0.05, 0) is 36.3 Å². The summed E-state index contributed by atoms with van der Waals surface area (Å²) in [5.74, 6) is -1.73. The summed E-state index contributed by atoms with van der Waals surface area (Å²) < 4.78 is 23.5. The molecular formula is C28H36O9. The number of fused-ring (bicyclic) bond motifs is 1. The van der Waals surface area contributed by atoms with Gasteiger partial charge in [-0.15, -0.1) is 0 Å². The molecule has 9 nitrogen and oxygen atoms in total. The topological polar surface area (TPSA) is 139 Å². The first kappa shape index (κ1) is 24.3. The van der Waals surface area contributed by atoms with Crippen LogP contribution in [-0.4, -0.2) is 70.0 Å². The van der Waals surface area contributed by atoms with Gasteiger partial charge in [0.15, 0.2) is 6.29 Å². The molecule has 4 saturated carbocycles. The van der Waals surface area contributed by atoms with E-state index in [0.717, 1.165) is 12.0 Å². The quantitative estimate of drug-likeness (QED) is 0.397. The van der Waals surface area contributed by atoms with Crippen molar-refractivity contribution in [2.75, 3.05) is 6.61 Å². The molecule has 6 fully saturated rings. The number of esters is 1. The van der Waals surface area contributed by atoms with E-state index < -0.39 is 69.7 Å². The fourth-order valence-electron chi connectivity index (χ4n) is 10.7. The molecule has 1 aromatic heterocycles. The monoisotopic (exact) mass is 516 g/mol. The average Bonchev–Trinajstić information content (AvgIpc) is 3.19. The number of hydrogen-bond donors (Lipinski definition) is 3. The molecule has 37 heavy (non-hydrogen) atoms. The molecule has 2 saturated heterocycles. The van der Waals surface area contributed by atoms with Gasteiger partial charge in [-0.1, -0.05) is 20.8 Å². The summed E-state index contributed by atoms with van der Waals surface area (Å²) in [4.78, 5) is 26.4. The summed E-state index contributed by atoms with van der Waals surface area (Å²) in [6.07, 6.45) is 0.556. The number of furan rings is 1. The zero-order valence-corrected chi connectivity index (χ0v) is 21.7. The molecule has 1 spiro atoms. The fraction of sp³-hybridized carbons (Fsp3) is 0.786. The largest absolute Gasteiger partial charge is 0.472 e. The Kier molecular flexibility index (Phi) is 4.62. The highest BCUT2D eigenvalue weighted by atomic mass is 16.6. The molecule has 0 aromatic carbocycles. The molecule has 4 aliphatic carbocycles. The molecule has 7 rings (SSSR count). The van der Waals surface area contributed by atoms with Crippen molar-refractivity contribution in [2.24, 2.45) is 33.5 Å². The highest BCUT2D eigenvalue weighted by Gasteiger charge is 2.90. The second-order valence-corrected chi connectivity index (χ2v) is 13.3. The fourth-order valence-corrected chi connectivity index (χ4v) is 10.7. The lowest BCUT2D eigenvalue weighted by molar-refractivity contribution is -0.371. The van der Waals surface area contributed by atoms with Crippen molar-refractivity contribution in [3.63, 3.8) is 0 Å². The van der Waals surface area contributed by atoms with E-state index in [4.69, 9.17) is 18.6 Å². The zero-order valence-electron chi connectivity index (χ0n) is 21.7. The number of aliphatic hydroxyl groups excluding tert-OH is 3. The van der Waals surface area contributed by atoms with Crippen molar-refractivity contribution >= 4 is 11.8 Å². The Morgan fingerprint density at radius 3 is 2.54 bits per heavy atom. The van der Waals surface area contributed by atoms with Crippen molar-refractivity contribution < 1.29 is 43.5 Å². The molecule has 6 aliphatic rings. The van der Waals surface area contributed by atoms with Crippen LogP contribution in [0.4, 0.5) is 0 Å². The van der Waals surface area contributed by atoms with Crippen molar-refractivity contribution in [1.82, 2.24) is 0 Å². The number of carbonyl (C=O) groups excluding carboxylic acids is 2. The lowest BCUT2D eigenvalue weighted by Gasteiger charge is -2.72. The number of ether oxygens (including phenoxy) is 3. The van der Waals surface area contributed by atoms with Gasteiger partial charge in [0.05, 0.1) is 42.9 Å². The van der Waals surface area contributed by atoms with Crippen molar-refractivity contribution in [1.29, 1.82) is 0 Å². The van der Waals surface area contributed by atoms with E-state index in [0.29, 0.717) is 0 Å². The van der Waals surface area contributed by atoms with Crippen LogP contribution in [0, 0.1) is 33.5 Å². The number of hydrogen-bond acceptors (Lipinski definition) is 9. The third kappa shape index (κ3) is 2.42. The van der Waals surface area contributed by atoms with Gasteiger partial charge < -0.3 is 33.9 Å². The summed E-state index contributed by atoms with van der Waals surface area (Å²) >= 11 is 0. The van der Waals surface area contributed by atoms with Crippen molar-refractivity contribution in [2.45, 2.75) is 95.6 Å². The molecule has 2 bridgehead atoms. The third-order valence-electron chi connectivity index (χ3n) is 12.2. The van der Waals surface area contributed by atoms with Crippen LogP contribution in [-0.2, 0) is 23.8 Å². The first-order valence-electron chi connectivity index (χ1n) is 13.4. The number of ketones is 1. The molecule has 3 N–H and O–H groups in total. The zero-order chi connectivity index (χ0) is 26.3. The number of rotatable bonds is 2. The number of Topliss-reactive ketones (excluding diaryl/α,β-unsaturated/α-hetero) is 1. The molecule has 3 heterocycles. The van der Waals surface area contributed by atoms with Gasteiger partial charge in [0.2, 0.25) is 0 Å². The van der Waals surface area contributed by atoms with Crippen LogP contribution in [0.3, 0.4) is 0 Å². The van der Waals surface area contributed by atoms with E-state index in [1.165, 1.54) is 6.92 Å². The van der Waals surface area contributed by atoms with E-state index in [2.05, 4.69) is 6.92 Å². The number of carbonyl (C=O) groups is 2. The van der Waals surface area contributed by atoms with E-state index in [-0.39, 0.29) is 43.7 Å². The smallest absolute Gasteiger partial charge is 0.302 e. The molecule has 202 valence electrons. The summed E-state index contributed by atoms with van der Waals surface area (Å²) in [5.41, 5.74) is -3.37. The minimum Gasteiger partial charge on any atom is -0.472 e. The van der Waals surface area contributed by atoms with Gasteiger partial charge in [0.1, 0.15) is 17.5 Å². The summed E-state index contributed by atoms with van der Waals surface area (Å²) in [5, 5.41) is 34.9. The maximum absolute atomic E-state index is 14.4. The molecule has 0 amide bonds. The molecule has 1 aromatic rings. The molecule has 9 heteroatoms. The Balaban J connectivity index is 1.38. The minimum absolute atomic E-state index is 0.0102. The van der Waals surface area contributed by atoms with Crippen LogP contribution in [0.2, 0.25) is 0 Å². The van der Waals surface area contributed by atoms with Crippen molar-refractivity contribution in [3.8, 4) is 0 Å². The normalized spacial score (nSPS) is 57.5. The maximum Gasteiger partial charge on any atom is 0.302 e. The minimum atomic E-state index is -1.26. The second-order valence-electron chi connectivity index (χ2n) is 13.3. The lowest BCUT2D eigenvalue weighted by Crippen LogP contribution is -2.80. The van der Waals surface area contributed by atoms with Gasteiger partial charge >= 0.3 is 5.97 Å². The summed E-state index contributed by atoms with van der Waals surface area (Å²) in [7, 11) is 0. The Morgan fingerprint density at radius 1 is 1.11 bits per heavy atom. The molecule has 1 unspecified atom stereocenters. The van der Waals surface area contributed by atoms with Crippen LogP contribution in [0.25, 0.3) is 0 Å². The van der Waals surface area contributed by atoms with Crippen LogP contribution in [0.15, 0.2) is 23.0 Å². The third-order valence-corrected chi connectivity index (χ3v) is 12.2.